The SMILES string of the molecule is CC1(C)CCC(CN2CCN(c3ccc(C(=O)NS(=O)(=O)c4ccc(CCC5CCCCC5)c([N+](=O)[O-])c4)c(Oc4cnc5[nH]ccc5c4)c3)CC2)=C(c2ccc(Cl)cc2)C1. The Morgan fingerprint density at radius 1 is 1.00 bits per heavy atom. The molecule has 12 nitrogen and oxygen atoms in total. The van der Waals surface area contributed by atoms with Crippen molar-refractivity contribution in [3.05, 3.63) is 123 Å². The van der Waals surface area contributed by atoms with Crippen LogP contribution in [0.25, 0.3) is 16.6 Å². The van der Waals surface area contributed by atoms with Crippen LogP contribution in [-0.4, -0.2) is 66.8 Å². The lowest BCUT2D eigenvalue weighted by molar-refractivity contribution is -0.385. The van der Waals surface area contributed by atoms with E-state index in [0.717, 1.165) is 93.4 Å². The average Bonchev–Trinajstić information content (AvgIpc) is 3.72. The molecule has 320 valence electrons. The maximum Gasteiger partial charge on any atom is 0.273 e. The highest BCUT2D eigenvalue weighted by atomic mass is 35.5. The number of rotatable bonds is 13. The maximum atomic E-state index is 13.9. The van der Waals surface area contributed by atoms with E-state index in [9.17, 15) is 23.3 Å². The number of anilines is 1. The lowest BCUT2D eigenvalue weighted by Crippen LogP contribution is -2.47. The molecule has 0 bridgehead atoms. The molecule has 1 amide bonds. The summed E-state index contributed by atoms with van der Waals surface area (Å²) in [6, 6.07) is 20.8. The second-order valence-corrected chi connectivity index (χ2v) is 19.7. The summed E-state index contributed by atoms with van der Waals surface area (Å²) in [4.78, 5) is 37.4. The van der Waals surface area contributed by atoms with Crippen LogP contribution in [0, 0.1) is 21.4 Å². The van der Waals surface area contributed by atoms with Gasteiger partial charge in [-0.2, -0.15) is 0 Å². The summed E-state index contributed by atoms with van der Waals surface area (Å²) in [6.07, 6.45) is 13.6. The molecule has 0 atom stereocenters. The number of aromatic nitrogens is 2. The molecule has 3 heterocycles. The van der Waals surface area contributed by atoms with Crippen molar-refractivity contribution >= 4 is 55.5 Å². The number of nitro groups is 1. The van der Waals surface area contributed by atoms with Gasteiger partial charge in [-0.05, 0) is 97.0 Å². The fourth-order valence-corrected chi connectivity index (χ4v) is 10.3. The second-order valence-electron chi connectivity index (χ2n) is 17.6. The zero-order valence-electron chi connectivity index (χ0n) is 34.8. The molecule has 3 aliphatic rings. The van der Waals surface area contributed by atoms with E-state index in [1.807, 2.05) is 18.2 Å². The summed E-state index contributed by atoms with van der Waals surface area (Å²) in [7, 11) is -4.51. The third-order valence-corrected chi connectivity index (χ3v) is 14.3. The van der Waals surface area contributed by atoms with Crippen molar-refractivity contribution < 1.29 is 22.9 Å². The first-order chi connectivity index (χ1) is 29.3. The van der Waals surface area contributed by atoms with Crippen molar-refractivity contribution in [1.82, 2.24) is 19.6 Å². The standard InChI is InChI=1S/C47H53ClN6O6S/c1-47(2)20-18-36(42(29-47)33-10-13-37(48)14-11-33)31-52-22-24-53(25-23-52)38-15-17-41(44(27-38)60-39-26-35-19-21-49-45(35)50-30-39)46(55)51-61(58,59)40-16-12-34(43(28-40)54(56)57)9-8-32-6-4-3-5-7-32/h10-17,19,21,26-28,30,32H,3-9,18,20,22-25,29,31H2,1-2H3,(H,49,50)(H,51,55). The van der Waals surface area contributed by atoms with Crippen molar-refractivity contribution in [2.75, 3.05) is 37.6 Å². The van der Waals surface area contributed by atoms with Crippen molar-refractivity contribution in [3.63, 3.8) is 0 Å². The molecule has 2 N–H and O–H groups in total. The van der Waals surface area contributed by atoms with Crippen LogP contribution in [0.2, 0.25) is 5.02 Å². The van der Waals surface area contributed by atoms with Crippen molar-refractivity contribution in [2.24, 2.45) is 11.3 Å². The molecule has 14 heteroatoms. The topological polar surface area (TPSA) is 151 Å². The normalized spacial score (nSPS) is 17.7. The summed E-state index contributed by atoms with van der Waals surface area (Å²) in [5.74, 6) is 0.101. The van der Waals surface area contributed by atoms with E-state index in [0.29, 0.717) is 29.3 Å². The number of benzene rings is 3. The number of sulfonamides is 1. The maximum absolute atomic E-state index is 13.9. The van der Waals surface area contributed by atoms with Gasteiger partial charge >= 0.3 is 0 Å². The molecule has 1 saturated carbocycles. The number of aromatic amines is 1. The molecule has 1 saturated heterocycles. The van der Waals surface area contributed by atoms with Gasteiger partial charge in [0.25, 0.3) is 21.6 Å². The van der Waals surface area contributed by atoms with Crippen LogP contribution >= 0.6 is 11.6 Å². The largest absolute Gasteiger partial charge is 0.455 e. The summed E-state index contributed by atoms with van der Waals surface area (Å²) in [6.45, 7) is 8.70. The highest BCUT2D eigenvalue weighted by Crippen LogP contribution is 2.43. The molecule has 2 aliphatic carbocycles. The van der Waals surface area contributed by atoms with Gasteiger partial charge in [0.05, 0.1) is 21.6 Å². The minimum Gasteiger partial charge on any atom is -0.455 e. The Balaban J connectivity index is 1.00. The predicted molar refractivity (Wildman–Crippen MR) is 240 cm³/mol. The number of piperazine rings is 1. The lowest BCUT2D eigenvalue weighted by atomic mass is 9.72. The summed E-state index contributed by atoms with van der Waals surface area (Å²) in [5, 5.41) is 13.7. The number of hydrogen-bond acceptors (Lipinski definition) is 9. The second kappa shape index (κ2) is 18.0. The van der Waals surface area contributed by atoms with Crippen molar-refractivity contribution in [1.29, 1.82) is 0 Å². The Bertz CT molecular complexity index is 2560. The number of pyridine rings is 1. The van der Waals surface area contributed by atoms with Crippen LogP contribution in [0.3, 0.4) is 0 Å². The third kappa shape index (κ3) is 10.1. The average molecular weight is 865 g/mol. The minimum atomic E-state index is -4.51. The van der Waals surface area contributed by atoms with Gasteiger partial charge in [-0.15, -0.1) is 0 Å². The Morgan fingerprint density at radius 2 is 1.77 bits per heavy atom. The molecular formula is C47H53ClN6O6S. The van der Waals surface area contributed by atoms with Crippen LogP contribution in [0.15, 0.2) is 95.7 Å². The Labute approximate surface area is 362 Å². The smallest absolute Gasteiger partial charge is 0.273 e. The van der Waals surface area contributed by atoms with Crippen LogP contribution < -0.4 is 14.4 Å². The van der Waals surface area contributed by atoms with Gasteiger partial charge in [0.15, 0.2) is 0 Å². The van der Waals surface area contributed by atoms with Gasteiger partial charge in [-0.1, -0.05) is 81.3 Å². The molecule has 0 radical (unpaired) electrons. The van der Waals surface area contributed by atoms with E-state index in [1.165, 1.54) is 54.3 Å². The van der Waals surface area contributed by atoms with Gasteiger partial charge in [0.2, 0.25) is 0 Å². The first-order valence-corrected chi connectivity index (χ1v) is 23.2. The van der Waals surface area contributed by atoms with Gasteiger partial charge in [-0.25, -0.2) is 18.1 Å². The predicted octanol–water partition coefficient (Wildman–Crippen LogP) is 10.3. The Morgan fingerprint density at radius 3 is 2.52 bits per heavy atom. The summed E-state index contributed by atoms with van der Waals surface area (Å²) >= 11 is 6.24. The zero-order chi connectivity index (χ0) is 42.7. The molecule has 2 fully saturated rings. The molecule has 1 aliphatic heterocycles. The highest BCUT2D eigenvalue weighted by molar-refractivity contribution is 7.90. The van der Waals surface area contributed by atoms with E-state index >= 15 is 0 Å². The first kappa shape index (κ1) is 42.5. The molecular weight excluding hydrogens is 812 g/mol. The molecule has 0 spiro atoms. The van der Waals surface area contributed by atoms with E-state index in [4.69, 9.17) is 16.3 Å². The van der Waals surface area contributed by atoms with E-state index < -0.39 is 20.9 Å². The molecule has 0 unspecified atom stereocenters. The number of halogens is 1. The number of amides is 1. The Kier molecular flexibility index (Phi) is 12.5. The van der Waals surface area contributed by atoms with Gasteiger partial charge in [-0.3, -0.25) is 19.8 Å². The number of fused-ring (bicyclic) bond motifs is 1. The fourth-order valence-electron chi connectivity index (χ4n) is 9.14. The monoisotopic (exact) mass is 864 g/mol. The molecule has 5 aromatic rings. The number of carbonyl (C=O) groups is 1. The molecule has 2 aromatic heterocycles. The number of nitrogens with zero attached hydrogens (tertiary/aromatic N) is 4. The number of ether oxygens (including phenoxy) is 1. The van der Waals surface area contributed by atoms with E-state index in [2.05, 4.69) is 50.5 Å². The summed E-state index contributed by atoms with van der Waals surface area (Å²) in [5.41, 5.74) is 6.06. The minimum absolute atomic E-state index is 0.0133. The highest BCUT2D eigenvalue weighted by Gasteiger charge is 2.31. The van der Waals surface area contributed by atoms with E-state index in [-0.39, 0.29) is 27.3 Å². The molecule has 3 aromatic carbocycles. The zero-order valence-corrected chi connectivity index (χ0v) is 36.4. The molecule has 61 heavy (non-hydrogen) atoms. The fraction of sp³-hybridized carbons (Fsp3) is 0.404. The number of carbonyl (C=O) groups excluding carboxylic acids is 1. The van der Waals surface area contributed by atoms with Gasteiger partial charge in [0.1, 0.15) is 17.1 Å². The molecule has 8 rings (SSSR count). The van der Waals surface area contributed by atoms with Crippen molar-refractivity contribution in [3.8, 4) is 11.5 Å². The lowest BCUT2D eigenvalue weighted by Gasteiger charge is -2.39. The number of aryl methyl sites for hydroxylation is 1. The van der Waals surface area contributed by atoms with Gasteiger partial charge < -0.3 is 14.6 Å². The summed E-state index contributed by atoms with van der Waals surface area (Å²) < 4.78 is 35.9. The first-order valence-electron chi connectivity index (χ1n) is 21.3. The quantitative estimate of drug-likeness (QED) is 0.0871. The van der Waals surface area contributed by atoms with Crippen LogP contribution in [0.1, 0.15) is 93.1 Å². The van der Waals surface area contributed by atoms with Crippen LogP contribution in [0.4, 0.5) is 11.4 Å². The van der Waals surface area contributed by atoms with E-state index in [1.54, 1.807) is 30.5 Å². The number of allylic oxidation sites excluding steroid dienone is 1. The van der Waals surface area contributed by atoms with Crippen LogP contribution in [-0.2, 0) is 16.4 Å². The number of H-pyrrole nitrogens is 1. The number of nitro benzene ring substituents is 1. The van der Waals surface area contributed by atoms with Crippen LogP contribution in [0.5, 0.6) is 11.5 Å². The van der Waals surface area contributed by atoms with Gasteiger partial charge in [0, 0.05) is 72.7 Å². The third-order valence-electron chi connectivity index (χ3n) is 12.7. The Hall–Kier alpha value is -5.24. The number of nitrogens with one attached hydrogen (secondary N) is 2. The number of hydrogen-bond donors (Lipinski definition) is 2. The van der Waals surface area contributed by atoms with Crippen molar-refractivity contribution in [2.45, 2.75) is 83.0 Å².